The van der Waals surface area contributed by atoms with E-state index >= 15 is 0 Å². The smallest absolute Gasteiger partial charge is 0.265 e. The monoisotopic (exact) mass is 483 g/mol. The van der Waals surface area contributed by atoms with Crippen molar-refractivity contribution in [3.05, 3.63) is 53.1 Å². The zero-order chi connectivity index (χ0) is 24.5. The van der Waals surface area contributed by atoms with Gasteiger partial charge < -0.3 is 10.6 Å². The molecule has 0 unspecified atom stereocenters. The fourth-order valence-corrected chi connectivity index (χ4v) is 7.36. The fraction of sp³-hybridized carbons (Fsp3) is 0.462. The van der Waals surface area contributed by atoms with Gasteiger partial charge in [-0.15, -0.1) is 0 Å². The van der Waals surface area contributed by atoms with Crippen LogP contribution >= 0.6 is 0 Å². The Morgan fingerprint density at radius 1 is 1.06 bits per heavy atom. The number of carbonyl (C=O) groups excluding carboxylic acids is 2. The SMILES string of the molecule is Cc1cc(C)c(S(=O)(=O)N2c3ccccc3NC(=O)[C@H]2CC(=O)NCC2CCCCC2)c(C)c1. The average Bonchev–Trinajstić information content (AvgIpc) is 2.77. The molecule has 7 nitrogen and oxygen atoms in total. The molecule has 1 atom stereocenters. The first kappa shape index (κ1) is 24.3. The molecular formula is C26H33N3O4S. The van der Waals surface area contributed by atoms with Crippen LogP contribution in [0.3, 0.4) is 0 Å². The standard InChI is InChI=1S/C26H33N3O4S/c1-17-13-18(2)25(19(3)14-17)34(32,33)29-22-12-8-7-11-21(22)28-26(31)23(29)15-24(30)27-16-20-9-5-4-6-10-20/h7-8,11-14,20,23H,4-6,9-10,15-16H2,1-3H3,(H,27,30)(H,28,31)/t23-/m1/s1. The summed E-state index contributed by atoms with van der Waals surface area (Å²) in [6.45, 7) is 6.00. The van der Waals surface area contributed by atoms with Gasteiger partial charge in [-0.2, -0.15) is 0 Å². The molecule has 2 N–H and O–H groups in total. The molecule has 0 bridgehead atoms. The van der Waals surface area contributed by atoms with E-state index in [9.17, 15) is 18.0 Å². The second-order valence-electron chi connectivity index (χ2n) is 9.56. The van der Waals surface area contributed by atoms with Crippen molar-refractivity contribution in [3.63, 3.8) is 0 Å². The van der Waals surface area contributed by atoms with Crippen LogP contribution in [0.1, 0.15) is 55.2 Å². The van der Waals surface area contributed by atoms with E-state index < -0.39 is 22.0 Å². The van der Waals surface area contributed by atoms with Gasteiger partial charge in [-0.1, -0.05) is 49.1 Å². The number of carbonyl (C=O) groups is 2. The summed E-state index contributed by atoms with van der Waals surface area (Å²) in [4.78, 5) is 26.2. The van der Waals surface area contributed by atoms with E-state index in [1.807, 2.05) is 19.1 Å². The van der Waals surface area contributed by atoms with Gasteiger partial charge in [-0.05, 0) is 62.8 Å². The summed E-state index contributed by atoms with van der Waals surface area (Å²) in [6.07, 6.45) is 5.51. The minimum Gasteiger partial charge on any atom is -0.356 e. The lowest BCUT2D eigenvalue weighted by Crippen LogP contribution is -2.53. The van der Waals surface area contributed by atoms with Crippen LogP contribution in [-0.2, 0) is 19.6 Å². The molecule has 0 saturated heterocycles. The Labute approximate surface area is 202 Å². The molecule has 2 amide bonds. The predicted molar refractivity (Wildman–Crippen MR) is 133 cm³/mol. The maximum atomic E-state index is 14.1. The first-order chi connectivity index (χ1) is 16.2. The Kier molecular flexibility index (Phi) is 6.98. The lowest BCUT2D eigenvalue weighted by molar-refractivity contribution is -0.125. The Morgan fingerprint density at radius 2 is 1.71 bits per heavy atom. The van der Waals surface area contributed by atoms with Crippen molar-refractivity contribution in [1.82, 2.24) is 5.32 Å². The van der Waals surface area contributed by atoms with Gasteiger partial charge >= 0.3 is 0 Å². The molecule has 0 spiro atoms. The van der Waals surface area contributed by atoms with E-state index in [1.165, 1.54) is 19.3 Å². The van der Waals surface area contributed by atoms with Crippen LogP contribution in [0.2, 0.25) is 0 Å². The van der Waals surface area contributed by atoms with Crippen LogP contribution in [0.15, 0.2) is 41.3 Å². The largest absolute Gasteiger partial charge is 0.356 e. The Balaban J connectivity index is 1.68. The van der Waals surface area contributed by atoms with Gasteiger partial charge in [0, 0.05) is 6.54 Å². The third kappa shape index (κ3) is 4.82. The normalized spacial score (nSPS) is 18.9. The summed E-state index contributed by atoms with van der Waals surface area (Å²) in [7, 11) is -4.12. The van der Waals surface area contributed by atoms with E-state index in [0.717, 1.165) is 22.7 Å². The van der Waals surface area contributed by atoms with E-state index in [0.29, 0.717) is 35.0 Å². The first-order valence-electron chi connectivity index (χ1n) is 12.0. The van der Waals surface area contributed by atoms with Crippen LogP contribution in [0.25, 0.3) is 0 Å². The lowest BCUT2D eigenvalue weighted by Gasteiger charge is -2.37. The summed E-state index contributed by atoms with van der Waals surface area (Å²) in [5, 5.41) is 5.73. The fourth-order valence-electron chi connectivity index (χ4n) is 5.30. The maximum Gasteiger partial charge on any atom is 0.265 e. The summed E-state index contributed by atoms with van der Waals surface area (Å²) in [5.74, 6) is -0.378. The number of rotatable bonds is 6. The molecule has 1 heterocycles. The van der Waals surface area contributed by atoms with Crippen LogP contribution in [-0.4, -0.2) is 32.8 Å². The molecule has 2 aromatic carbocycles. The third-order valence-electron chi connectivity index (χ3n) is 6.80. The van der Waals surface area contributed by atoms with Crippen LogP contribution in [0, 0.1) is 26.7 Å². The Morgan fingerprint density at radius 3 is 2.38 bits per heavy atom. The number of sulfonamides is 1. The number of para-hydroxylation sites is 2. The molecule has 34 heavy (non-hydrogen) atoms. The first-order valence-corrected chi connectivity index (χ1v) is 13.4. The average molecular weight is 484 g/mol. The van der Waals surface area contributed by atoms with Crippen LogP contribution < -0.4 is 14.9 Å². The molecule has 1 aliphatic carbocycles. The van der Waals surface area contributed by atoms with E-state index in [2.05, 4.69) is 10.6 Å². The van der Waals surface area contributed by atoms with Gasteiger partial charge in [0.1, 0.15) is 6.04 Å². The Bertz CT molecular complexity index is 1180. The van der Waals surface area contributed by atoms with Crippen LogP contribution in [0.5, 0.6) is 0 Å². The van der Waals surface area contributed by atoms with Crippen molar-refractivity contribution in [1.29, 1.82) is 0 Å². The van der Waals surface area contributed by atoms with Gasteiger partial charge in [0.15, 0.2) is 0 Å². The number of amides is 2. The molecular weight excluding hydrogens is 450 g/mol. The third-order valence-corrected chi connectivity index (χ3v) is 8.93. The zero-order valence-corrected chi connectivity index (χ0v) is 20.9. The molecule has 2 aliphatic rings. The number of anilines is 2. The summed E-state index contributed by atoms with van der Waals surface area (Å²) < 4.78 is 29.3. The molecule has 1 fully saturated rings. The van der Waals surface area contributed by atoms with Crippen molar-refractivity contribution in [2.75, 3.05) is 16.2 Å². The highest BCUT2D eigenvalue weighted by molar-refractivity contribution is 7.93. The quantitative estimate of drug-likeness (QED) is 0.643. The van der Waals surface area contributed by atoms with Crippen LogP contribution in [0.4, 0.5) is 11.4 Å². The van der Waals surface area contributed by atoms with Gasteiger partial charge in [0.25, 0.3) is 10.0 Å². The highest BCUT2D eigenvalue weighted by Crippen LogP contribution is 2.38. The highest BCUT2D eigenvalue weighted by Gasteiger charge is 2.43. The summed E-state index contributed by atoms with van der Waals surface area (Å²) in [6, 6.07) is 9.27. The molecule has 8 heteroatoms. The number of hydrogen-bond acceptors (Lipinski definition) is 4. The predicted octanol–water partition coefficient (Wildman–Crippen LogP) is 4.21. The van der Waals surface area contributed by atoms with Crippen molar-refractivity contribution in [2.24, 2.45) is 5.92 Å². The molecule has 1 saturated carbocycles. The minimum atomic E-state index is -4.12. The number of nitrogens with one attached hydrogen (secondary N) is 2. The molecule has 0 aromatic heterocycles. The van der Waals surface area contributed by atoms with E-state index in [1.54, 1.807) is 38.1 Å². The number of hydrogen-bond donors (Lipinski definition) is 2. The van der Waals surface area contributed by atoms with Gasteiger partial charge in [-0.25, -0.2) is 8.42 Å². The number of aryl methyl sites for hydroxylation is 3. The lowest BCUT2D eigenvalue weighted by atomic mass is 9.89. The van der Waals surface area contributed by atoms with Gasteiger partial charge in [-0.3, -0.25) is 13.9 Å². The van der Waals surface area contributed by atoms with Crippen molar-refractivity contribution >= 4 is 33.2 Å². The minimum absolute atomic E-state index is 0.176. The topological polar surface area (TPSA) is 95.6 Å². The van der Waals surface area contributed by atoms with Gasteiger partial charge in [0.05, 0.1) is 22.7 Å². The molecule has 0 radical (unpaired) electrons. The molecule has 1 aliphatic heterocycles. The second kappa shape index (κ2) is 9.78. The maximum absolute atomic E-state index is 14.1. The second-order valence-corrected chi connectivity index (χ2v) is 11.3. The highest BCUT2D eigenvalue weighted by atomic mass is 32.2. The number of benzene rings is 2. The Hall–Kier alpha value is -2.87. The van der Waals surface area contributed by atoms with Gasteiger partial charge in [0.2, 0.25) is 11.8 Å². The van der Waals surface area contributed by atoms with E-state index in [4.69, 9.17) is 0 Å². The van der Waals surface area contributed by atoms with Crippen molar-refractivity contribution in [3.8, 4) is 0 Å². The van der Waals surface area contributed by atoms with Crippen molar-refractivity contribution in [2.45, 2.75) is 70.2 Å². The summed E-state index contributed by atoms with van der Waals surface area (Å²) >= 11 is 0. The number of nitrogens with zero attached hydrogens (tertiary/aromatic N) is 1. The summed E-state index contributed by atoms with van der Waals surface area (Å²) in [5.41, 5.74) is 2.97. The van der Waals surface area contributed by atoms with E-state index in [-0.39, 0.29) is 17.2 Å². The molecule has 2 aromatic rings. The molecule has 182 valence electrons. The van der Waals surface area contributed by atoms with Crippen molar-refractivity contribution < 1.29 is 18.0 Å². The number of fused-ring (bicyclic) bond motifs is 1. The molecule has 4 rings (SSSR count). The zero-order valence-electron chi connectivity index (χ0n) is 20.1.